The van der Waals surface area contributed by atoms with E-state index < -0.39 is 0 Å². The summed E-state index contributed by atoms with van der Waals surface area (Å²) in [7, 11) is 3.30. The second-order valence-electron chi connectivity index (χ2n) is 3.57. The van der Waals surface area contributed by atoms with Crippen molar-refractivity contribution in [3.8, 4) is 0 Å². The van der Waals surface area contributed by atoms with E-state index in [2.05, 4.69) is 10.6 Å². The third-order valence-corrected chi connectivity index (χ3v) is 2.19. The molecular formula is C10H21N3O2. The molecule has 0 spiro atoms. The van der Waals surface area contributed by atoms with Crippen molar-refractivity contribution in [3.63, 3.8) is 0 Å². The molecule has 0 aromatic rings. The van der Waals surface area contributed by atoms with Crippen LogP contribution in [-0.4, -0.2) is 50.4 Å². The van der Waals surface area contributed by atoms with E-state index in [9.17, 15) is 9.59 Å². The lowest BCUT2D eigenvalue weighted by Gasteiger charge is -2.20. The summed E-state index contributed by atoms with van der Waals surface area (Å²) in [5.41, 5.74) is 0. The fourth-order valence-corrected chi connectivity index (χ4v) is 1.21. The van der Waals surface area contributed by atoms with Crippen molar-refractivity contribution in [2.24, 2.45) is 5.92 Å². The molecule has 0 saturated heterocycles. The molecule has 88 valence electrons. The normalized spacial score (nSPS) is 12.0. The Balaban J connectivity index is 3.95. The Hall–Kier alpha value is -1.10. The van der Waals surface area contributed by atoms with Crippen LogP contribution in [0.4, 0.5) is 0 Å². The van der Waals surface area contributed by atoms with E-state index in [1.165, 1.54) is 0 Å². The Kier molecular flexibility index (Phi) is 6.70. The first-order chi connectivity index (χ1) is 7.02. The number of carbonyl (C=O) groups excluding carboxylic acids is 2. The first kappa shape index (κ1) is 13.9. The van der Waals surface area contributed by atoms with Gasteiger partial charge in [0.2, 0.25) is 11.8 Å². The highest BCUT2D eigenvalue weighted by molar-refractivity contribution is 5.81. The maximum absolute atomic E-state index is 11.5. The van der Waals surface area contributed by atoms with Gasteiger partial charge in [0.25, 0.3) is 0 Å². The van der Waals surface area contributed by atoms with E-state index in [1.54, 1.807) is 25.9 Å². The maximum Gasteiger partial charge on any atom is 0.236 e. The SMILES string of the molecule is CCNCC(=O)N(C)CC(C)C(=O)NC. The van der Waals surface area contributed by atoms with E-state index in [0.29, 0.717) is 13.1 Å². The summed E-state index contributed by atoms with van der Waals surface area (Å²) in [4.78, 5) is 24.3. The average molecular weight is 215 g/mol. The summed E-state index contributed by atoms with van der Waals surface area (Å²) < 4.78 is 0. The minimum atomic E-state index is -0.175. The van der Waals surface area contributed by atoms with Crippen molar-refractivity contribution < 1.29 is 9.59 Å². The van der Waals surface area contributed by atoms with Crippen LogP contribution in [0.15, 0.2) is 0 Å². The van der Waals surface area contributed by atoms with Gasteiger partial charge in [-0.3, -0.25) is 9.59 Å². The molecule has 0 saturated carbocycles. The summed E-state index contributed by atoms with van der Waals surface area (Å²) in [5, 5.41) is 5.51. The van der Waals surface area contributed by atoms with Gasteiger partial charge >= 0.3 is 0 Å². The molecule has 0 aliphatic carbocycles. The summed E-state index contributed by atoms with van der Waals surface area (Å²) in [6.07, 6.45) is 0. The Morgan fingerprint density at radius 3 is 2.47 bits per heavy atom. The molecule has 0 aromatic carbocycles. The molecule has 2 amide bonds. The highest BCUT2D eigenvalue weighted by Gasteiger charge is 2.16. The summed E-state index contributed by atoms with van der Waals surface area (Å²) in [5.74, 6) is -0.212. The molecule has 15 heavy (non-hydrogen) atoms. The van der Waals surface area contributed by atoms with E-state index in [-0.39, 0.29) is 17.7 Å². The third-order valence-electron chi connectivity index (χ3n) is 2.19. The number of likely N-dealkylation sites (N-methyl/N-ethyl adjacent to an activating group) is 2. The zero-order valence-corrected chi connectivity index (χ0v) is 9.96. The topological polar surface area (TPSA) is 61.4 Å². The number of amides is 2. The van der Waals surface area contributed by atoms with E-state index in [4.69, 9.17) is 0 Å². The van der Waals surface area contributed by atoms with Crippen LogP contribution in [0.3, 0.4) is 0 Å². The maximum atomic E-state index is 11.5. The first-order valence-electron chi connectivity index (χ1n) is 5.19. The van der Waals surface area contributed by atoms with Gasteiger partial charge in [0.05, 0.1) is 12.5 Å². The standard InChI is InChI=1S/C10H21N3O2/c1-5-12-6-9(14)13(4)7-8(2)10(15)11-3/h8,12H,5-7H2,1-4H3,(H,11,15). The average Bonchev–Trinajstić information content (AvgIpc) is 2.24. The van der Waals surface area contributed by atoms with Crippen molar-refractivity contribution in [1.82, 2.24) is 15.5 Å². The van der Waals surface area contributed by atoms with Crippen LogP contribution in [0.25, 0.3) is 0 Å². The van der Waals surface area contributed by atoms with Gasteiger partial charge in [-0.1, -0.05) is 13.8 Å². The van der Waals surface area contributed by atoms with E-state index in [1.807, 2.05) is 6.92 Å². The van der Waals surface area contributed by atoms with Gasteiger partial charge < -0.3 is 15.5 Å². The summed E-state index contributed by atoms with van der Waals surface area (Å²) >= 11 is 0. The summed E-state index contributed by atoms with van der Waals surface area (Å²) in [6, 6.07) is 0. The lowest BCUT2D eigenvalue weighted by molar-refractivity contribution is -0.131. The van der Waals surface area contributed by atoms with Gasteiger partial charge in [-0.25, -0.2) is 0 Å². The number of nitrogens with one attached hydrogen (secondary N) is 2. The molecule has 0 aliphatic rings. The minimum Gasteiger partial charge on any atom is -0.359 e. The van der Waals surface area contributed by atoms with Crippen LogP contribution in [0, 0.1) is 5.92 Å². The van der Waals surface area contributed by atoms with Crippen molar-refractivity contribution in [2.75, 3.05) is 33.7 Å². The zero-order valence-electron chi connectivity index (χ0n) is 9.96. The highest BCUT2D eigenvalue weighted by atomic mass is 16.2. The Morgan fingerprint density at radius 1 is 1.40 bits per heavy atom. The van der Waals surface area contributed by atoms with Crippen molar-refractivity contribution in [1.29, 1.82) is 0 Å². The molecule has 0 rings (SSSR count). The molecule has 0 radical (unpaired) electrons. The predicted molar refractivity (Wildman–Crippen MR) is 59.4 cm³/mol. The molecule has 0 aromatic heterocycles. The van der Waals surface area contributed by atoms with E-state index in [0.717, 1.165) is 6.54 Å². The molecule has 5 heteroatoms. The first-order valence-corrected chi connectivity index (χ1v) is 5.19. The quantitative estimate of drug-likeness (QED) is 0.624. The molecule has 1 atom stereocenters. The molecule has 0 aliphatic heterocycles. The lowest BCUT2D eigenvalue weighted by atomic mass is 10.1. The van der Waals surface area contributed by atoms with Gasteiger partial charge in [0.1, 0.15) is 0 Å². The number of hydrogen-bond donors (Lipinski definition) is 2. The van der Waals surface area contributed by atoms with Crippen molar-refractivity contribution in [3.05, 3.63) is 0 Å². The minimum absolute atomic E-state index is 0.00704. The van der Waals surface area contributed by atoms with Gasteiger partial charge in [-0.15, -0.1) is 0 Å². The Bertz CT molecular complexity index is 219. The fourth-order valence-electron chi connectivity index (χ4n) is 1.21. The van der Waals surface area contributed by atoms with Crippen LogP contribution >= 0.6 is 0 Å². The van der Waals surface area contributed by atoms with Crippen LogP contribution in [0.5, 0.6) is 0 Å². The van der Waals surface area contributed by atoms with Crippen LogP contribution in [0.2, 0.25) is 0 Å². The number of hydrogen-bond acceptors (Lipinski definition) is 3. The van der Waals surface area contributed by atoms with Gasteiger partial charge in [0.15, 0.2) is 0 Å². The highest BCUT2D eigenvalue weighted by Crippen LogP contribution is 1.98. The largest absolute Gasteiger partial charge is 0.359 e. The predicted octanol–water partition coefficient (Wildman–Crippen LogP) is -0.564. The molecule has 0 fully saturated rings. The second kappa shape index (κ2) is 7.23. The molecule has 5 nitrogen and oxygen atoms in total. The Morgan fingerprint density at radius 2 is 2.00 bits per heavy atom. The van der Waals surface area contributed by atoms with Gasteiger partial charge in [0, 0.05) is 20.6 Å². The number of rotatable bonds is 6. The second-order valence-corrected chi connectivity index (χ2v) is 3.57. The molecule has 0 bridgehead atoms. The van der Waals surface area contributed by atoms with Crippen molar-refractivity contribution in [2.45, 2.75) is 13.8 Å². The van der Waals surface area contributed by atoms with Gasteiger partial charge in [-0.05, 0) is 6.54 Å². The molecular weight excluding hydrogens is 194 g/mol. The fraction of sp³-hybridized carbons (Fsp3) is 0.800. The smallest absolute Gasteiger partial charge is 0.236 e. The summed E-state index contributed by atoms with van der Waals surface area (Å²) in [6.45, 7) is 5.29. The zero-order chi connectivity index (χ0) is 11.8. The molecule has 1 unspecified atom stereocenters. The number of nitrogens with zero attached hydrogens (tertiary/aromatic N) is 1. The van der Waals surface area contributed by atoms with Crippen molar-refractivity contribution >= 4 is 11.8 Å². The molecule has 2 N–H and O–H groups in total. The Labute approximate surface area is 91.2 Å². The van der Waals surface area contributed by atoms with Crippen LogP contribution < -0.4 is 10.6 Å². The lowest BCUT2D eigenvalue weighted by Crippen LogP contribution is -2.41. The van der Waals surface area contributed by atoms with Crippen LogP contribution in [0.1, 0.15) is 13.8 Å². The third kappa shape index (κ3) is 5.37. The number of carbonyl (C=O) groups is 2. The van der Waals surface area contributed by atoms with E-state index >= 15 is 0 Å². The van der Waals surface area contributed by atoms with Crippen LogP contribution in [-0.2, 0) is 9.59 Å². The molecule has 0 heterocycles. The van der Waals surface area contributed by atoms with Gasteiger partial charge in [-0.2, -0.15) is 0 Å². The monoisotopic (exact) mass is 215 g/mol.